The maximum absolute atomic E-state index is 6.12. The Balaban J connectivity index is 2.03. The lowest BCUT2D eigenvalue weighted by Crippen LogP contribution is -2.18. The van der Waals surface area contributed by atoms with Crippen LogP contribution < -0.4 is 5.73 Å². The summed E-state index contributed by atoms with van der Waals surface area (Å²) in [6.45, 7) is 4.44. The first-order valence-corrected chi connectivity index (χ1v) is 6.89. The van der Waals surface area contributed by atoms with Crippen molar-refractivity contribution < 1.29 is 0 Å². The second-order valence-electron chi connectivity index (χ2n) is 5.75. The second kappa shape index (κ2) is 4.30. The van der Waals surface area contributed by atoms with E-state index < -0.39 is 0 Å². The number of hydrogen-bond acceptors (Lipinski definition) is 2. The fraction of sp³-hybridized carbons (Fsp3) is 0.533. The Labute approximate surface area is 108 Å². The maximum Gasteiger partial charge on any atom is 0.201 e. The van der Waals surface area contributed by atoms with Crippen LogP contribution in [0.1, 0.15) is 44.2 Å². The average molecular weight is 243 g/mol. The van der Waals surface area contributed by atoms with Crippen LogP contribution in [0.4, 0.5) is 5.95 Å². The number of nitrogen functional groups attached to an aromatic ring is 1. The number of nitrogens with two attached hydrogens (primary N) is 1. The average Bonchev–Trinajstić information content (AvgIpc) is 2.65. The molecule has 1 aromatic heterocycles. The predicted octanol–water partition coefficient (Wildman–Crippen LogP) is 3.68. The van der Waals surface area contributed by atoms with Gasteiger partial charge < -0.3 is 10.3 Å². The van der Waals surface area contributed by atoms with Crippen molar-refractivity contribution in [3.63, 3.8) is 0 Å². The number of anilines is 1. The number of nitrogens with zero attached hydrogens (tertiary/aromatic N) is 2. The molecule has 0 amide bonds. The number of hydrogen-bond donors (Lipinski definition) is 1. The number of rotatable bonds is 1. The minimum absolute atomic E-state index is 0.536. The molecule has 0 atom stereocenters. The molecule has 0 radical (unpaired) electrons. The molecule has 1 heterocycles. The van der Waals surface area contributed by atoms with Gasteiger partial charge in [0.1, 0.15) is 0 Å². The highest BCUT2D eigenvalue weighted by Crippen LogP contribution is 2.35. The van der Waals surface area contributed by atoms with Crippen molar-refractivity contribution in [2.45, 2.75) is 45.6 Å². The van der Waals surface area contributed by atoms with Crippen molar-refractivity contribution in [1.82, 2.24) is 9.55 Å². The van der Waals surface area contributed by atoms with Gasteiger partial charge in [0, 0.05) is 6.04 Å². The third kappa shape index (κ3) is 1.88. The second-order valence-corrected chi connectivity index (χ2v) is 5.75. The lowest BCUT2D eigenvalue weighted by Gasteiger charge is -2.28. The largest absolute Gasteiger partial charge is 0.369 e. The Morgan fingerprint density at radius 1 is 1.22 bits per heavy atom. The van der Waals surface area contributed by atoms with Gasteiger partial charge in [-0.25, -0.2) is 4.98 Å². The summed E-state index contributed by atoms with van der Waals surface area (Å²) in [5.41, 5.74) is 9.59. The summed E-state index contributed by atoms with van der Waals surface area (Å²) in [5, 5.41) is 0. The summed E-state index contributed by atoms with van der Waals surface area (Å²) in [7, 11) is 0. The summed E-state index contributed by atoms with van der Waals surface area (Å²) in [6, 6.07) is 6.96. The third-order valence-electron chi connectivity index (χ3n) is 4.22. The minimum atomic E-state index is 0.536. The topological polar surface area (TPSA) is 43.8 Å². The summed E-state index contributed by atoms with van der Waals surface area (Å²) in [6.07, 6.45) is 5.06. The molecule has 3 heteroatoms. The minimum Gasteiger partial charge on any atom is -0.369 e. The van der Waals surface area contributed by atoms with Crippen molar-refractivity contribution >= 4 is 17.0 Å². The molecule has 18 heavy (non-hydrogen) atoms. The van der Waals surface area contributed by atoms with Crippen LogP contribution >= 0.6 is 0 Å². The Morgan fingerprint density at radius 2 is 1.94 bits per heavy atom. The standard InChI is InChI=1S/C15H21N3/c1-10-3-6-12(7-4-10)18-14-8-5-11(2)9-13(14)17-15(18)16/h5,8-10,12H,3-4,6-7H2,1-2H3,(H2,16,17). The molecule has 2 aromatic rings. The zero-order valence-corrected chi connectivity index (χ0v) is 11.2. The Kier molecular flexibility index (Phi) is 2.77. The highest BCUT2D eigenvalue weighted by molar-refractivity contribution is 5.79. The van der Waals surface area contributed by atoms with Crippen LogP contribution in [0.2, 0.25) is 0 Å². The van der Waals surface area contributed by atoms with Gasteiger partial charge in [0.05, 0.1) is 11.0 Å². The summed E-state index contributed by atoms with van der Waals surface area (Å²) < 4.78 is 2.25. The Bertz CT molecular complexity index is 562. The number of aromatic nitrogens is 2. The molecule has 1 aliphatic rings. The van der Waals surface area contributed by atoms with Crippen LogP contribution in [0, 0.1) is 12.8 Å². The SMILES string of the molecule is Cc1ccc2c(c1)nc(N)n2C1CCC(C)CC1. The van der Waals surface area contributed by atoms with Gasteiger partial charge in [0.25, 0.3) is 0 Å². The molecule has 0 aliphatic heterocycles. The van der Waals surface area contributed by atoms with Crippen LogP contribution in [-0.4, -0.2) is 9.55 Å². The van der Waals surface area contributed by atoms with E-state index in [9.17, 15) is 0 Å². The first kappa shape index (κ1) is 11.6. The van der Waals surface area contributed by atoms with Gasteiger partial charge in [0.15, 0.2) is 0 Å². The number of benzene rings is 1. The van der Waals surface area contributed by atoms with Crippen molar-refractivity contribution in [3.05, 3.63) is 23.8 Å². The van der Waals surface area contributed by atoms with E-state index in [1.807, 2.05) is 0 Å². The van der Waals surface area contributed by atoms with Crippen molar-refractivity contribution in [2.75, 3.05) is 5.73 Å². The lowest BCUT2D eigenvalue weighted by atomic mass is 9.87. The van der Waals surface area contributed by atoms with E-state index in [-0.39, 0.29) is 0 Å². The molecule has 3 nitrogen and oxygen atoms in total. The molecule has 1 aliphatic carbocycles. The normalized spacial score (nSPS) is 24.6. The highest BCUT2D eigenvalue weighted by atomic mass is 15.2. The van der Waals surface area contributed by atoms with E-state index in [4.69, 9.17) is 5.73 Å². The summed E-state index contributed by atoms with van der Waals surface area (Å²) >= 11 is 0. The smallest absolute Gasteiger partial charge is 0.201 e. The van der Waals surface area contributed by atoms with E-state index in [1.165, 1.54) is 36.8 Å². The number of imidazole rings is 1. The summed E-state index contributed by atoms with van der Waals surface area (Å²) in [4.78, 5) is 4.51. The molecular formula is C15H21N3. The first-order valence-electron chi connectivity index (χ1n) is 6.89. The fourth-order valence-electron chi connectivity index (χ4n) is 3.11. The van der Waals surface area contributed by atoms with Gasteiger partial charge in [-0.3, -0.25) is 0 Å². The Hall–Kier alpha value is -1.51. The Morgan fingerprint density at radius 3 is 2.67 bits per heavy atom. The fourth-order valence-corrected chi connectivity index (χ4v) is 3.11. The van der Waals surface area contributed by atoms with Gasteiger partial charge >= 0.3 is 0 Å². The lowest BCUT2D eigenvalue weighted by molar-refractivity contribution is 0.296. The highest BCUT2D eigenvalue weighted by Gasteiger charge is 2.22. The third-order valence-corrected chi connectivity index (χ3v) is 4.22. The molecule has 1 fully saturated rings. The van der Waals surface area contributed by atoms with Gasteiger partial charge in [-0.1, -0.05) is 13.0 Å². The van der Waals surface area contributed by atoms with Crippen LogP contribution in [0.3, 0.4) is 0 Å². The molecule has 1 saturated carbocycles. The van der Waals surface area contributed by atoms with E-state index in [2.05, 4.69) is 41.6 Å². The van der Waals surface area contributed by atoms with Gasteiger partial charge in [-0.15, -0.1) is 0 Å². The predicted molar refractivity (Wildman–Crippen MR) is 75.6 cm³/mol. The van der Waals surface area contributed by atoms with Crippen molar-refractivity contribution in [2.24, 2.45) is 5.92 Å². The molecular weight excluding hydrogens is 222 g/mol. The quantitative estimate of drug-likeness (QED) is 0.830. The molecule has 0 spiro atoms. The zero-order valence-electron chi connectivity index (χ0n) is 11.2. The van der Waals surface area contributed by atoms with E-state index >= 15 is 0 Å². The van der Waals surface area contributed by atoms with E-state index in [0.29, 0.717) is 12.0 Å². The number of fused-ring (bicyclic) bond motifs is 1. The molecule has 0 bridgehead atoms. The zero-order chi connectivity index (χ0) is 12.7. The number of aryl methyl sites for hydroxylation is 1. The molecule has 0 saturated heterocycles. The van der Waals surface area contributed by atoms with Gasteiger partial charge in [0.2, 0.25) is 5.95 Å². The van der Waals surface area contributed by atoms with E-state index in [0.717, 1.165) is 11.4 Å². The van der Waals surface area contributed by atoms with Crippen molar-refractivity contribution in [1.29, 1.82) is 0 Å². The molecule has 3 rings (SSSR count). The van der Waals surface area contributed by atoms with Gasteiger partial charge in [-0.05, 0) is 56.2 Å². The van der Waals surface area contributed by atoms with Crippen LogP contribution in [0.15, 0.2) is 18.2 Å². The maximum atomic E-state index is 6.12. The van der Waals surface area contributed by atoms with E-state index in [1.54, 1.807) is 0 Å². The summed E-state index contributed by atoms with van der Waals surface area (Å²) in [5.74, 6) is 1.54. The van der Waals surface area contributed by atoms with Crippen LogP contribution in [0.25, 0.3) is 11.0 Å². The molecule has 0 unspecified atom stereocenters. The first-order chi connectivity index (χ1) is 8.65. The molecule has 96 valence electrons. The monoisotopic (exact) mass is 243 g/mol. The molecule has 1 aromatic carbocycles. The van der Waals surface area contributed by atoms with Crippen LogP contribution in [-0.2, 0) is 0 Å². The van der Waals surface area contributed by atoms with Crippen LogP contribution in [0.5, 0.6) is 0 Å². The van der Waals surface area contributed by atoms with Gasteiger partial charge in [-0.2, -0.15) is 0 Å². The van der Waals surface area contributed by atoms with Crippen molar-refractivity contribution in [3.8, 4) is 0 Å². The molecule has 2 N–H and O–H groups in total.